The average molecular weight is 257 g/mol. The van der Waals surface area contributed by atoms with Crippen LogP contribution >= 0.6 is 0 Å². The molecular formula is C13H23NO4. The Labute approximate surface area is 108 Å². The molecule has 18 heavy (non-hydrogen) atoms. The highest BCUT2D eigenvalue weighted by atomic mass is 16.4. The lowest BCUT2D eigenvalue weighted by molar-refractivity contribution is -0.143. The zero-order valence-corrected chi connectivity index (χ0v) is 11.0. The van der Waals surface area contributed by atoms with Gasteiger partial charge in [-0.1, -0.05) is 26.2 Å². The first-order chi connectivity index (χ1) is 8.52. The van der Waals surface area contributed by atoms with Crippen molar-refractivity contribution in [3.63, 3.8) is 0 Å². The van der Waals surface area contributed by atoms with Crippen LogP contribution in [0.15, 0.2) is 0 Å². The Kier molecular flexibility index (Phi) is 6.12. The smallest absolute Gasteiger partial charge is 0.317 e. The predicted molar refractivity (Wildman–Crippen MR) is 67.5 cm³/mol. The van der Waals surface area contributed by atoms with E-state index in [1.165, 1.54) is 6.42 Å². The second-order valence-corrected chi connectivity index (χ2v) is 5.13. The summed E-state index contributed by atoms with van der Waals surface area (Å²) in [6.45, 7) is 1.83. The van der Waals surface area contributed by atoms with E-state index < -0.39 is 11.9 Å². The summed E-state index contributed by atoms with van der Waals surface area (Å²) in [7, 11) is 0. The standard InChI is InChI=1S/C13H23NO4/c1-2-10-4-3-5-11(7-6-10)14(8-12(15)16)9-13(17)18/h10-11H,2-9H2,1H3,(H,15,16)(H,17,18). The minimum Gasteiger partial charge on any atom is -0.480 e. The molecule has 5 heteroatoms. The average Bonchev–Trinajstić information content (AvgIpc) is 2.51. The molecule has 0 aliphatic heterocycles. The molecule has 1 aliphatic rings. The summed E-state index contributed by atoms with van der Waals surface area (Å²) < 4.78 is 0. The second kappa shape index (κ2) is 7.36. The lowest BCUT2D eigenvalue weighted by Gasteiger charge is -2.28. The molecule has 1 aliphatic carbocycles. The van der Waals surface area contributed by atoms with Gasteiger partial charge in [-0.05, 0) is 25.2 Å². The molecule has 2 unspecified atom stereocenters. The second-order valence-electron chi connectivity index (χ2n) is 5.13. The lowest BCUT2D eigenvalue weighted by Crippen LogP contribution is -2.42. The van der Waals surface area contributed by atoms with Crippen molar-refractivity contribution in [1.29, 1.82) is 0 Å². The molecule has 0 aromatic heterocycles. The SMILES string of the molecule is CCC1CCCC(N(CC(=O)O)CC(=O)O)CC1. The van der Waals surface area contributed by atoms with Crippen molar-refractivity contribution in [2.45, 2.75) is 51.5 Å². The Bertz CT molecular complexity index is 277. The van der Waals surface area contributed by atoms with Crippen molar-refractivity contribution >= 4 is 11.9 Å². The molecule has 1 saturated carbocycles. The number of carboxylic acid groups (broad SMARTS) is 2. The molecule has 1 fully saturated rings. The minimum absolute atomic E-state index is 0.105. The fourth-order valence-electron chi connectivity index (χ4n) is 2.79. The van der Waals surface area contributed by atoms with E-state index >= 15 is 0 Å². The van der Waals surface area contributed by atoms with Gasteiger partial charge in [-0.3, -0.25) is 14.5 Å². The number of carboxylic acids is 2. The van der Waals surface area contributed by atoms with Crippen LogP contribution < -0.4 is 0 Å². The highest BCUT2D eigenvalue weighted by Gasteiger charge is 2.25. The molecule has 0 heterocycles. The largest absolute Gasteiger partial charge is 0.480 e. The van der Waals surface area contributed by atoms with Gasteiger partial charge < -0.3 is 10.2 Å². The Hall–Kier alpha value is -1.10. The third-order valence-corrected chi connectivity index (χ3v) is 3.83. The van der Waals surface area contributed by atoms with Crippen molar-refractivity contribution < 1.29 is 19.8 Å². The Morgan fingerprint density at radius 3 is 2.17 bits per heavy atom. The van der Waals surface area contributed by atoms with Crippen molar-refractivity contribution in [1.82, 2.24) is 4.90 Å². The summed E-state index contributed by atoms with van der Waals surface area (Å²) >= 11 is 0. The van der Waals surface area contributed by atoms with Gasteiger partial charge in [0, 0.05) is 6.04 Å². The van der Waals surface area contributed by atoms with Crippen LogP contribution in [0, 0.1) is 5.92 Å². The van der Waals surface area contributed by atoms with Gasteiger partial charge >= 0.3 is 11.9 Å². The molecule has 2 N–H and O–H groups in total. The van der Waals surface area contributed by atoms with Crippen LogP contribution in [0.1, 0.15) is 45.4 Å². The number of hydrogen-bond acceptors (Lipinski definition) is 3. The predicted octanol–water partition coefficient (Wildman–Crippen LogP) is 1.82. The molecule has 0 aromatic rings. The maximum atomic E-state index is 10.8. The first kappa shape index (κ1) is 15.0. The Morgan fingerprint density at radius 1 is 1.06 bits per heavy atom. The third kappa shape index (κ3) is 5.04. The van der Waals surface area contributed by atoms with Gasteiger partial charge in [-0.25, -0.2) is 0 Å². The fourth-order valence-corrected chi connectivity index (χ4v) is 2.79. The monoisotopic (exact) mass is 257 g/mol. The highest BCUT2D eigenvalue weighted by Crippen LogP contribution is 2.28. The normalized spacial score (nSPS) is 24.8. The summed E-state index contributed by atoms with van der Waals surface area (Å²) in [6, 6.07) is 0.105. The van der Waals surface area contributed by atoms with E-state index in [0.29, 0.717) is 5.92 Å². The van der Waals surface area contributed by atoms with Gasteiger partial charge in [0.15, 0.2) is 0 Å². The first-order valence-electron chi connectivity index (χ1n) is 6.70. The quantitative estimate of drug-likeness (QED) is 0.710. The molecule has 0 amide bonds. The van der Waals surface area contributed by atoms with Crippen LogP contribution in [0.3, 0.4) is 0 Å². The van der Waals surface area contributed by atoms with Crippen molar-refractivity contribution in [3.05, 3.63) is 0 Å². The summed E-state index contributed by atoms with van der Waals surface area (Å²) in [5, 5.41) is 17.7. The molecule has 5 nitrogen and oxygen atoms in total. The van der Waals surface area contributed by atoms with Crippen LogP contribution in [0.25, 0.3) is 0 Å². The number of aliphatic carboxylic acids is 2. The fraction of sp³-hybridized carbons (Fsp3) is 0.846. The molecule has 2 atom stereocenters. The summed E-state index contributed by atoms with van der Waals surface area (Å²) in [5.74, 6) is -1.19. The maximum Gasteiger partial charge on any atom is 0.317 e. The third-order valence-electron chi connectivity index (χ3n) is 3.83. The van der Waals surface area contributed by atoms with E-state index in [2.05, 4.69) is 6.92 Å². The zero-order chi connectivity index (χ0) is 13.5. The molecule has 1 rings (SSSR count). The zero-order valence-electron chi connectivity index (χ0n) is 11.0. The van der Waals surface area contributed by atoms with Crippen LogP contribution in [0.4, 0.5) is 0 Å². The number of hydrogen-bond donors (Lipinski definition) is 2. The van der Waals surface area contributed by atoms with Gasteiger partial charge in [-0.15, -0.1) is 0 Å². The number of rotatable bonds is 6. The molecule has 0 radical (unpaired) electrons. The molecular weight excluding hydrogens is 234 g/mol. The van der Waals surface area contributed by atoms with Crippen LogP contribution in [-0.4, -0.2) is 46.2 Å². The van der Waals surface area contributed by atoms with Crippen molar-refractivity contribution in [3.8, 4) is 0 Å². The summed E-state index contributed by atoms with van der Waals surface area (Å²) in [6.07, 6.45) is 6.32. The van der Waals surface area contributed by atoms with Gasteiger partial charge in [0.1, 0.15) is 0 Å². The van der Waals surface area contributed by atoms with E-state index in [4.69, 9.17) is 10.2 Å². The highest BCUT2D eigenvalue weighted by molar-refractivity contribution is 5.72. The molecule has 0 saturated heterocycles. The van der Waals surface area contributed by atoms with Gasteiger partial charge in [-0.2, -0.15) is 0 Å². The van der Waals surface area contributed by atoms with Gasteiger partial charge in [0.05, 0.1) is 13.1 Å². The number of carbonyl (C=O) groups is 2. The first-order valence-corrected chi connectivity index (χ1v) is 6.70. The summed E-state index contributed by atoms with van der Waals surface area (Å²) in [4.78, 5) is 23.2. The Morgan fingerprint density at radius 2 is 1.67 bits per heavy atom. The van der Waals surface area contributed by atoms with Crippen molar-refractivity contribution in [2.24, 2.45) is 5.92 Å². The summed E-state index contributed by atoms with van der Waals surface area (Å²) in [5.41, 5.74) is 0. The molecule has 0 bridgehead atoms. The van der Waals surface area contributed by atoms with Crippen LogP contribution in [0.5, 0.6) is 0 Å². The van der Waals surface area contributed by atoms with E-state index in [0.717, 1.165) is 32.1 Å². The van der Waals surface area contributed by atoms with Crippen LogP contribution in [0.2, 0.25) is 0 Å². The lowest BCUT2D eigenvalue weighted by atomic mass is 9.97. The van der Waals surface area contributed by atoms with Crippen LogP contribution in [-0.2, 0) is 9.59 Å². The Balaban J connectivity index is 2.60. The number of nitrogens with zero attached hydrogens (tertiary/aromatic N) is 1. The topological polar surface area (TPSA) is 77.8 Å². The van der Waals surface area contributed by atoms with E-state index in [1.54, 1.807) is 4.90 Å². The maximum absolute atomic E-state index is 10.8. The van der Waals surface area contributed by atoms with E-state index in [9.17, 15) is 9.59 Å². The van der Waals surface area contributed by atoms with E-state index in [1.807, 2.05) is 0 Å². The minimum atomic E-state index is -0.951. The van der Waals surface area contributed by atoms with Crippen molar-refractivity contribution in [2.75, 3.05) is 13.1 Å². The van der Waals surface area contributed by atoms with Gasteiger partial charge in [0.25, 0.3) is 0 Å². The molecule has 104 valence electrons. The molecule has 0 aromatic carbocycles. The molecule has 0 spiro atoms. The van der Waals surface area contributed by atoms with E-state index in [-0.39, 0.29) is 19.1 Å². The van der Waals surface area contributed by atoms with Gasteiger partial charge in [0.2, 0.25) is 0 Å².